The summed E-state index contributed by atoms with van der Waals surface area (Å²) < 4.78 is 39.1. The number of aryl methyl sites for hydroxylation is 2. The molecule has 0 unspecified atom stereocenters. The molecule has 26 heavy (non-hydrogen) atoms. The molecule has 2 N–H and O–H groups in total. The van der Waals surface area contributed by atoms with Crippen molar-refractivity contribution in [2.24, 2.45) is 10.7 Å². The van der Waals surface area contributed by atoms with Crippen molar-refractivity contribution < 1.29 is 22.7 Å². The molecule has 2 atom stereocenters. The second kappa shape index (κ2) is 6.55. The summed E-state index contributed by atoms with van der Waals surface area (Å²) in [5.41, 5.74) is 5.12. The van der Waals surface area contributed by atoms with E-state index in [1.54, 1.807) is 19.9 Å². The van der Waals surface area contributed by atoms with E-state index >= 15 is 0 Å². The van der Waals surface area contributed by atoms with Crippen LogP contribution in [0.3, 0.4) is 0 Å². The number of nitrogens with zero attached hydrogens (tertiary/aromatic N) is 1. The Labute approximate surface area is 149 Å². The van der Waals surface area contributed by atoms with Gasteiger partial charge in [-0.3, -0.25) is 4.79 Å². The smallest absolute Gasteiger partial charge is 0.283 e. The highest BCUT2D eigenvalue weighted by Gasteiger charge is 2.42. The molecular weight excluding hydrogens is 342 g/mol. The SMILES string of the molecule is Cc1cc(C(=O)Cc2ccc(F)c([C@@]3(C)N=C(N)OC[C@@H]3F)c2)c(C)o1. The largest absolute Gasteiger partial charge is 0.466 e. The number of carbonyl (C=O) groups excluding carboxylic acids is 1. The fraction of sp³-hybridized carbons (Fsp3) is 0.368. The van der Waals surface area contributed by atoms with Gasteiger partial charge in [-0.25, -0.2) is 13.8 Å². The first kappa shape index (κ1) is 18.1. The average Bonchev–Trinajstić information content (AvgIpc) is 2.91. The average molecular weight is 362 g/mol. The van der Waals surface area contributed by atoms with Gasteiger partial charge in [-0.15, -0.1) is 0 Å². The lowest BCUT2D eigenvalue weighted by Crippen LogP contribution is -2.43. The fourth-order valence-electron chi connectivity index (χ4n) is 3.14. The number of furan rings is 1. The highest BCUT2D eigenvalue weighted by atomic mass is 19.1. The molecule has 0 radical (unpaired) electrons. The summed E-state index contributed by atoms with van der Waals surface area (Å²) in [5.74, 6) is 0.409. The van der Waals surface area contributed by atoms with Crippen molar-refractivity contribution in [3.63, 3.8) is 0 Å². The topological polar surface area (TPSA) is 77.8 Å². The van der Waals surface area contributed by atoms with E-state index in [2.05, 4.69) is 4.99 Å². The van der Waals surface area contributed by atoms with Crippen molar-refractivity contribution in [3.8, 4) is 0 Å². The maximum Gasteiger partial charge on any atom is 0.283 e. The standard InChI is InChI=1S/C19H20F2N2O3/c1-10-6-13(11(2)26-10)16(24)8-12-4-5-15(20)14(7-12)19(3)17(21)9-25-18(22)23-19/h4-7,17H,8-9H2,1-3H3,(H2,22,23)/t17-,19+/m0/s1. The van der Waals surface area contributed by atoms with Crippen LogP contribution in [0.25, 0.3) is 0 Å². The molecule has 0 spiro atoms. The van der Waals surface area contributed by atoms with E-state index in [-0.39, 0.29) is 30.4 Å². The first-order chi connectivity index (χ1) is 12.2. The first-order valence-electron chi connectivity index (χ1n) is 8.22. The third kappa shape index (κ3) is 3.21. The van der Waals surface area contributed by atoms with E-state index in [9.17, 15) is 13.6 Å². The molecule has 1 aliphatic heterocycles. The molecule has 1 aliphatic rings. The van der Waals surface area contributed by atoms with Crippen LogP contribution in [-0.4, -0.2) is 24.6 Å². The minimum Gasteiger partial charge on any atom is -0.466 e. The summed E-state index contributed by atoms with van der Waals surface area (Å²) >= 11 is 0. The predicted molar refractivity (Wildman–Crippen MR) is 92.4 cm³/mol. The quantitative estimate of drug-likeness (QED) is 0.846. The van der Waals surface area contributed by atoms with Crippen LogP contribution < -0.4 is 5.73 Å². The number of ether oxygens (including phenoxy) is 1. The third-order valence-electron chi connectivity index (χ3n) is 4.61. The molecule has 0 amide bonds. The molecule has 138 valence electrons. The molecule has 0 bridgehead atoms. The number of halogens is 2. The molecule has 5 nitrogen and oxygen atoms in total. The van der Waals surface area contributed by atoms with Crippen molar-refractivity contribution in [2.45, 2.75) is 38.9 Å². The van der Waals surface area contributed by atoms with Crippen LogP contribution in [0, 0.1) is 19.7 Å². The number of hydrogen-bond acceptors (Lipinski definition) is 5. The van der Waals surface area contributed by atoms with Gasteiger partial charge >= 0.3 is 0 Å². The Morgan fingerprint density at radius 3 is 2.77 bits per heavy atom. The van der Waals surface area contributed by atoms with Gasteiger partial charge in [-0.05, 0) is 44.5 Å². The third-order valence-corrected chi connectivity index (χ3v) is 4.61. The van der Waals surface area contributed by atoms with Gasteiger partial charge in [0.15, 0.2) is 12.0 Å². The van der Waals surface area contributed by atoms with Gasteiger partial charge in [0.05, 0.1) is 5.56 Å². The van der Waals surface area contributed by atoms with E-state index in [1.807, 2.05) is 0 Å². The summed E-state index contributed by atoms with van der Waals surface area (Å²) in [6.07, 6.45) is -1.52. The molecule has 0 saturated carbocycles. The van der Waals surface area contributed by atoms with Crippen LogP contribution in [0.1, 0.15) is 39.9 Å². The highest BCUT2D eigenvalue weighted by Crippen LogP contribution is 2.36. The Balaban J connectivity index is 1.94. The van der Waals surface area contributed by atoms with Crippen LogP contribution in [0.2, 0.25) is 0 Å². The van der Waals surface area contributed by atoms with E-state index in [4.69, 9.17) is 14.9 Å². The molecular formula is C19H20F2N2O3. The molecule has 0 fully saturated rings. The maximum atomic E-state index is 14.5. The molecule has 7 heteroatoms. The number of rotatable bonds is 4. The summed E-state index contributed by atoms with van der Waals surface area (Å²) in [4.78, 5) is 16.5. The summed E-state index contributed by atoms with van der Waals surface area (Å²) in [7, 11) is 0. The number of hydrogen-bond donors (Lipinski definition) is 1. The number of ketones is 1. The van der Waals surface area contributed by atoms with Gasteiger partial charge in [0.1, 0.15) is 29.5 Å². The van der Waals surface area contributed by atoms with E-state index in [0.717, 1.165) is 0 Å². The van der Waals surface area contributed by atoms with Crippen LogP contribution in [0.4, 0.5) is 8.78 Å². The number of alkyl halides is 1. The Kier molecular flexibility index (Phi) is 4.56. The summed E-state index contributed by atoms with van der Waals surface area (Å²) in [5, 5.41) is 0. The highest BCUT2D eigenvalue weighted by molar-refractivity contribution is 5.98. The number of Topliss-reactive ketones (excluding diaryl/α,β-unsaturated/α-hetero) is 1. The van der Waals surface area contributed by atoms with Crippen molar-refractivity contribution in [2.75, 3.05) is 6.61 Å². The molecule has 2 aromatic rings. The fourth-order valence-corrected chi connectivity index (χ4v) is 3.14. The normalized spacial score (nSPS) is 22.7. The Hall–Kier alpha value is -2.70. The monoisotopic (exact) mass is 362 g/mol. The number of carbonyl (C=O) groups is 1. The molecule has 2 heterocycles. The Morgan fingerprint density at radius 2 is 2.12 bits per heavy atom. The first-order valence-corrected chi connectivity index (χ1v) is 8.22. The second-order valence-electron chi connectivity index (χ2n) is 6.62. The van der Waals surface area contributed by atoms with Gasteiger partial charge in [0.25, 0.3) is 6.02 Å². The number of aliphatic imine (C=N–C) groups is 1. The molecule has 0 saturated heterocycles. The number of benzene rings is 1. The van der Waals surface area contributed by atoms with Crippen LogP contribution in [0.15, 0.2) is 33.7 Å². The molecule has 0 aliphatic carbocycles. The van der Waals surface area contributed by atoms with Crippen molar-refractivity contribution in [1.82, 2.24) is 0 Å². The molecule has 3 rings (SSSR count). The van der Waals surface area contributed by atoms with Gasteiger partial charge in [-0.1, -0.05) is 6.07 Å². The van der Waals surface area contributed by atoms with Crippen molar-refractivity contribution in [3.05, 3.63) is 58.3 Å². The predicted octanol–water partition coefficient (Wildman–Crippen LogP) is 3.36. The molecule has 1 aromatic heterocycles. The van der Waals surface area contributed by atoms with Gasteiger partial charge in [0.2, 0.25) is 0 Å². The molecule has 1 aromatic carbocycles. The van der Waals surface area contributed by atoms with E-state index in [1.165, 1.54) is 25.1 Å². The number of nitrogens with two attached hydrogens (primary N) is 1. The summed E-state index contributed by atoms with van der Waals surface area (Å²) in [6.45, 7) is 4.63. The Bertz CT molecular complexity index is 891. The number of amidine groups is 1. The van der Waals surface area contributed by atoms with Crippen LogP contribution >= 0.6 is 0 Å². The van der Waals surface area contributed by atoms with Gasteiger partial charge in [-0.2, -0.15) is 0 Å². The summed E-state index contributed by atoms with van der Waals surface area (Å²) in [6, 6.07) is 5.66. The zero-order valence-corrected chi connectivity index (χ0v) is 14.8. The van der Waals surface area contributed by atoms with Crippen molar-refractivity contribution in [1.29, 1.82) is 0 Å². The zero-order valence-electron chi connectivity index (χ0n) is 14.8. The lowest BCUT2D eigenvalue weighted by Gasteiger charge is -2.33. The van der Waals surface area contributed by atoms with Gasteiger partial charge < -0.3 is 14.9 Å². The van der Waals surface area contributed by atoms with E-state index < -0.39 is 17.5 Å². The second-order valence-corrected chi connectivity index (χ2v) is 6.62. The lowest BCUT2D eigenvalue weighted by molar-refractivity contribution is 0.0921. The van der Waals surface area contributed by atoms with Crippen LogP contribution in [-0.2, 0) is 16.7 Å². The maximum absolute atomic E-state index is 14.5. The van der Waals surface area contributed by atoms with Gasteiger partial charge in [0, 0.05) is 12.0 Å². The Morgan fingerprint density at radius 1 is 1.38 bits per heavy atom. The minimum atomic E-state index is -1.56. The zero-order chi connectivity index (χ0) is 19.1. The van der Waals surface area contributed by atoms with Crippen molar-refractivity contribution >= 4 is 11.8 Å². The minimum absolute atomic E-state index is 0.0375. The lowest BCUT2D eigenvalue weighted by atomic mass is 9.85. The van der Waals surface area contributed by atoms with Crippen LogP contribution in [0.5, 0.6) is 0 Å². The van der Waals surface area contributed by atoms with E-state index in [0.29, 0.717) is 22.6 Å².